The molecule has 0 aliphatic heterocycles. The Bertz CT molecular complexity index is 299. The molecule has 84 valence electrons. The number of hydrogen-bond donors (Lipinski definition) is 1. The summed E-state index contributed by atoms with van der Waals surface area (Å²) in [4.78, 5) is 4.17. The molecule has 15 heavy (non-hydrogen) atoms. The van der Waals surface area contributed by atoms with E-state index in [1.54, 1.807) is 6.20 Å². The van der Waals surface area contributed by atoms with Gasteiger partial charge in [-0.2, -0.15) is 0 Å². The minimum atomic E-state index is 0.0248. The quantitative estimate of drug-likeness (QED) is 0.809. The van der Waals surface area contributed by atoms with Gasteiger partial charge >= 0.3 is 0 Å². The van der Waals surface area contributed by atoms with Crippen molar-refractivity contribution in [3.8, 4) is 5.88 Å². The second-order valence-corrected chi connectivity index (χ2v) is 3.93. The van der Waals surface area contributed by atoms with Crippen molar-refractivity contribution in [2.24, 2.45) is 5.73 Å². The van der Waals surface area contributed by atoms with Crippen LogP contribution in [0.4, 0.5) is 0 Å². The van der Waals surface area contributed by atoms with Crippen LogP contribution in [0.1, 0.15) is 45.2 Å². The average Bonchev–Trinajstić information content (AvgIpc) is 2.18. The molecule has 1 rings (SSSR count). The van der Waals surface area contributed by atoms with E-state index >= 15 is 0 Å². The molecule has 2 atom stereocenters. The van der Waals surface area contributed by atoms with Crippen molar-refractivity contribution in [3.05, 3.63) is 23.9 Å². The Morgan fingerprint density at radius 1 is 1.47 bits per heavy atom. The van der Waals surface area contributed by atoms with Crippen LogP contribution in [0.3, 0.4) is 0 Å². The second-order valence-electron chi connectivity index (χ2n) is 3.93. The highest BCUT2D eigenvalue weighted by molar-refractivity contribution is 5.22. The number of ether oxygens (including phenoxy) is 1. The number of nitrogens with zero attached hydrogens (tertiary/aromatic N) is 1. The number of hydrogen-bond acceptors (Lipinski definition) is 3. The van der Waals surface area contributed by atoms with Gasteiger partial charge in [0.05, 0.1) is 6.10 Å². The minimum Gasteiger partial charge on any atom is -0.475 e. The molecular formula is C12H20N2O. The zero-order valence-corrected chi connectivity index (χ0v) is 9.73. The third-order valence-corrected chi connectivity index (χ3v) is 2.30. The van der Waals surface area contributed by atoms with Crippen molar-refractivity contribution >= 4 is 0 Å². The van der Waals surface area contributed by atoms with E-state index in [1.165, 1.54) is 0 Å². The summed E-state index contributed by atoms with van der Waals surface area (Å²) < 4.78 is 5.68. The summed E-state index contributed by atoms with van der Waals surface area (Å²) in [7, 11) is 0. The Morgan fingerprint density at radius 3 is 2.80 bits per heavy atom. The summed E-state index contributed by atoms with van der Waals surface area (Å²) in [6.07, 6.45) is 4.12. The van der Waals surface area contributed by atoms with Gasteiger partial charge in [0.1, 0.15) is 0 Å². The van der Waals surface area contributed by atoms with E-state index in [9.17, 15) is 0 Å². The first-order valence-corrected chi connectivity index (χ1v) is 5.51. The fourth-order valence-electron chi connectivity index (χ4n) is 1.44. The molecule has 3 nitrogen and oxygen atoms in total. The SMILES string of the molecule is CCCC(C)Oc1cc([C@@H](C)N)ccn1. The number of nitrogens with two attached hydrogens (primary N) is 1. The Morgan fingerprint density at radius 2 is 2.20 bits per heavy atom. The van der Waals surface area contributed by atoms with E-state index < -0.39 is 0 Å². The summed E-state index contributed by atoms with van der Waals surface area (Å²) in [6, 6.07) is 3.86. The van der Waals surface area contributed by atoms with Crippen LogP contribution in [0.25, 0.3) is 0 Å². The Kier molecular flexibility index (Phi) is 4.56. The van der Waals surface area contributed by atoms with Crippen molar-refractivity contribution in [2.75, 3.05) is 0 Å². The van der Waals surface area contributed by atoms with E-state index in [1.807, 2.05) is 19.1 Å². The fraction of sp³-hybridized carbons (Fsp3) is 0.583. The van der Waals surface area contributed by atoms with Gasteiger partial charge in [-0.05, 0) is 31.9 Å². The average molecular weight is 208 g/mol. The lowest BCUT2D eigenvalue weighted by atomic mass is 10.1. The predicted octanol–water partition coefficient (Wildman–Crippen LogP) is 2.67. The summed E-state index contributed by atoms with van der Waals surface area (Å²) >= 11 is 0. The van der Waals surface area contributed by atoms with Crippen LogP contribution in [-0.4, -0.2) is 11.1 Å². The smallest absolute Gasteiger partial charge is 0.213 e. The lowest BCUT2D eigenvalue weighted by molar-refractivity contribution is 0.201. The molecule has 1 aromatic heterocycles. The van der Waals surface area contributed by atoms with Gasteiger partial charge in [0, 0.05) is 18.3 Å². The van der Waals surface area contributed by atoms with Crippen molar-refractivity contribution in [3.63, 3.8) is 0 Å². The van der Waals surface area contributed by atoms with Crippen LogP contribution >= 0.6 is 0 Å². The molecule has 0 radical (unpaired) electrons. The van der Waals surface area contributed by atoms with E-state index in [4.69, 9.17) is 10.5 Å². The largest absolute Gasteiger partial charge is 0.475 e. The van der Waals surface area contributed by atoms with E-state index in [0.717, 1.165) is 18.4 Å². The molecule has 1 aromatic rings. The maximum Gasteiger partial charge on any atom is 0.213 e. The first kappa shape index (κ1) is 12.0. The molecule has 0 aliphatic carbocycles. The van der Waals surface area contributed by atoms with Gasteiger partial charge in [-0.25, -0.2) is 4.98 Å². The molecule has 2 N–H and O–H groups in total. The molecule has 1 heterocycles. The molecule has 0 saturated carbocycles. The molecule has 3 heteroatoms. The van der Waals surface area contributed by atoms with Gasteiger partial charge in [0.15, 0.2) is 0 Å². The lowest BCUT2D eigenvalue weighted by Gasteiger charge is -2.14. The maximum absolute atomic E-state index is 5.79. The molecule has 0 fully saturated rings. The second kappa shape index (κ2) is 5.71. The zero-order valence-electron chi connectivity index (χ0n) is 9.73. The number of rotatable bonds is 5. The lowest BCUT2D eigenvalue weighted by Crippen LogP contribution is -2.13. The van der Waals surface area contributed by atoms with Crippen LogP contribution in [0.15, 0.2) is 18.3 Å². The molecule has 1 unspecified atom stereocenters. The predicted molar refractivity (Wildman–Crippen MR) is 61.8 cm³/mol. The van der Waals surface area contributed by atoms with Crippen molar-refractivity contribution in [1.29, 1.82) is 0 Å². The normalized spacial score (nSPS) is 14.7. The third-order valence-electron chi connectivity index (χ3n) is 2.30. The van der Waals surface area contributed by atoms with Crippen molar-refractivity contribution in [1.82, 2.24) is 4.98 Å². The van der Waals surface area contributed by atoms with Gasteiger partial charge in [0.2, 0.25) is 5.88 Å². The highest BCUT2D eigenvalue weighted by Gasteiger charge is 2.06. The molecule has 0 amide bonds. The third kappa shape index (κ3) is 3.88. The van der Waals surface area contributed by atoms with Gasteiger partial charge in [-0.1, -0.05) is 13.3 Å². The highest BCUT2D eigenvalue weighted by Crippen LogP contribution is 2.16. The van der Waals surface area contributed by atoms with Crippen molar-refractivity contribution in [2.45, 2.75) is 45.8 Å². The number of pyridine rings is 1. The Hall–Kier alpha value is -1.09. The van der Waals surface area contributed by atoms with Gasteiger partial charge in [-0.3, -0.25) is 0 Å². The minimum absolute atomic E-state index is 0.0248. The molecule has 0 aliphatic rings. The zero-order chi connectivity index (χ0) is 11.3. The van der Waals surface area contributed by atoms with Crippen LogP contribution < -0.4 is 10.5 Å². The van der Waals surface area contributed by atoms with Crippen LogP contribution in [-0.2, 0) is 0 Å². The van der Waals surface area contributed by atoms with E-state index in [2.05, 4.69) is 18.8 Å². The topological polar surface area (TPSA) is 48.1 Å². The monoisotopic (exact) mass is 208 g/mol. The van der Waals surface area contributed by atoms with E-state index in [-0.39, 0.29) is 12.1 Å². The molecule has 0 saturated heterocycles. The van der Waals surface area contributed by atoms with Crippen LogP contribution in [0.2, 0.25) is 0 Å². The van der Waals surface area contributed by atoms with Gasteiger partial charge in [0.25, 0.3) is 0 Å². The van der Waals surface area contributed by atoms with Gasteiger partial charge < -0.3 is 10.5 Å². The first-order valence-electron chi connectivity index (χ1n) is 5.51. The van der Waals surface area contributed by atoms with Crippen LogP contribution in [0, 0.1) is 0 Å². The first-order chi connectivity index (χ1) is 7.13. The summed E-state index contributed by atoms with van der Waals surface area (Å²) in [5.41, 5.74) is 6.85. The van der Waals surface area contributed by atoms with Crippen molar-refractivity contribution < 1.29 is 4.74 Å². The van der Waals surface area contributed by atoms with E-state index in [0.29, 0.717) is 5.88 Å². The maximum atomic E-state index is 5.79. The summed E-state index contributed by atoms with van der Waals surface area (Å²) in [6.45, 7) is 6.16. The van der Waals surface area contributed by atoms with Gasteiger partial charge in [-0.15, -0.1) is 0 Å². The molecule has 0 aromatic carbocycles. The highest BCUT2D eigenvalue weighted by atomic mass is 16.5. The molecular weight excluding hydrogens is 188 g/mol. The summed E-state index contributed by atoms with van der Waals surface area (Å²) in [5.74, 6) is 0.672. The number of aromatic nitrogens is 1. The summed E-state index contributed by atoms with van der Waals surface area (Å²) in [5, 5.41) is 0. The molecule has 0 spiro atoms. The molecule has 0 bridgehead atoms. The standard InChI is InChI=1S/C12H20N2O/c1-4-5-9(2)15-12-8-11(10(3)13)6-7-14-12/h6-10H,4-5,13H2,1-3H3/t9?,10-/m1/s1. The fourth-order valence-corrected chi connectivity index (χ4v) is 1.44. The Labute approximate surface area is 91.7 Å². The Balaban J connectivity index is 2.65. The van der Waals surface area contributed by atoms with Crippen LogP contribution in [0.5, 0.6) is 5.88 Å².